The van der Waals surface area contributed by atoms with Crippen LogP contribution in [0.5, 0.6) is 5.75 Å². The van der Waals surface area contributed by atoms with E-state index in [0.29, 0.717) is 35.9 Å². The number of thioether (sulfide) groups is 2. The average molecular weight is 698 g/mol. The molecule has 11 heteroatoms. The van der Waals surface area contributed by atoms with E-state index in [1.54, 1.807) is 23.5 Å². The van der Waals surface area contributed by atoms with Crippen LogP contribution in [0, 0.1) is 6.92 Å². The molecule has 3 aromatic heterocycles. The minimum atomic E-state index is -0.908. The molecule has 1 aliphatic carbocycles. The molecule has 8 nitrogen and oxygen atoms in total. The Morgan fingerprint density at radius 3 is 2.62 bits per heavy atom. The first-order valence-corrected chi connectivity index (χ1v) is 18.8. The molecule has 1 aliphatic heterocycles. The molecule has 0 amide bonds. The molecule has 6 aromatic rings. The van der Waals surface area contributed by atoms with Gasteiger partial charge in [-0.2, -0.15) is 10.2 Å². The van der Waals surface area contributed by atoms with Gasteiger partial charge in [-0.05, 0) is 67.8 Å². The summed E-state index contributed by atoms with van der Waals surface area (Å²) in [5, 5.41) is 24.2. The highest BCUT2D eigenvalue weighted by Gasteiger charge is 2.35. The summed E-state index contributed by atoms with van der Waals surface area (Å²) < 4.78 is 12.4. The molecule has 2 aliphatic rings. The van der Waals surface area contributed by atoms with Gasteiger partial charge in [0.25, 0.3) is 0 Å². The molecule has 48 heavy (non-hydrogen) atoms. The van der Waals surface area contributed by atoms with Crippen molar-refractivity contribution in [2.45, 2.75) is 60.8 Å². The summed E-state index contributed by atoms with van der Waals surface area (Å²) in [5.41, 5.74) is 8.10. The lowest BCUT2D eigenvalue weighted by Crippen LogP contribution is -2.10. The van der Waals surface area contributed by atoms with Crippen LogP contribution in [0.4, 0.5) is 0 Å². The van der Waals surface area contributed by atoms with E-state index in [2.05, 4.69) is 47.9 Å². The minimum absolute atomic E-state index is 0.131. The summed E-state index contributed by atoms with van der Waals surface area (Å²) in [4.78, 5) is 14.2. The Hall–Kier alpha value is -3.86. The molecular weight excluding hydrogens is 662 g/mol. The van der Waals surface area contributed by atoms with Gasteiger partial charge in [0.15, 0.2) is 0 Å². The van der Waals surface area contributed by atoms with E-state index in [4.69, 9.17) is 26.5 Å². The molecule has 246 valence electrons. The highest BCUT2D eigenvalue weighted by Crippen LogP contribution is 2.48. The van der Waals surface area contributed by atoms with Crippen molar-refractivity contribution in [1.82, 2.24) is 24.1 Å². The number of rotatable bonds is 2. The second kappa shape index (κ2) is 12.5. The van der Waals surface area contributed by atoms with Crippen LogP contribution < -0.4 is 4.74 Å². The molecule has 0 atom stereocenters. The van der Waals surface area contributed by atoms with Crippen molar-refractivity contribution in [2.75, 3.05) is 6.61 Å². The first-order valence-electron chi connectivity index (χ1n) is 16.3. The number of carboxylic acids is 1. The molecule has 8 bridgehead atoms. The predicted molar refractivity (Wildman–Crippen MR) is 195 cm³/mol. The normalized spacial score (nSPS) is 15.8. The van der Waals surface area contributed by atoms with E-state index in [-0.39, 0.29) is 6.04 Å². The zero-order valence-electron chi connectivity index (χ0n) is 27.1. The quantitative estimate of drug-likeness (QED) is 0.193. The molecule has 0 spiro atoms. The van der Waals surface area contributed by atoms with Crippen LogP contribution in [0.1, 0.15) is 64.1 Å². The van der Waals surface area contributed by atoms with E-state index in [9.17, 15) is 9.90 Å². The van der Waals surface area contributed by atoms with Crippen LogP contribution in [0.2, 0.25) is 5.02 Å². The monoisotopic (exact) mass is 697 g/mol. The number of hydrogen-bond acceptors (Lipinski definition) is 6. The number of fused-ring (bicyclic) bond motifs is 8. The smallest absolute Gasteiger partial charge is 0.352 e. The highest BCUT2D eigenvalue weighted by molar-refractivity contribution is 7.98. The number of benzene rings is 3. The molecule has 1 N–H and O–H groups in total. The second-order valence-electron chi connectivity index (χ2n) is 12.7. The number of aryl methyl sites for hydroxylation is 3. The largest absolute Gasteiger partial charge is 0.493 e. The van der Waals surface area contributed by atoms with Gasteiger partial charge in [0.2, 0.25) is 0 Å². The standard InChI is InChI=1S/C37H36ClN5O3S2/c1-21-33-31(40-41(21)2)20-47-18-23-16-25(42(3)39-23)19-48-26-15-22-7-4-5-8-27(22)32(17-26)46-14-6-9-28-29-12-13-30(38)34(33)35(29)43(24-10-11-24)36(28)37(44)45/h4-5,7-8,12-13,15-17,24H,6,9-11,14,18-20H2,1-3H3,(H,44,45). The second-order valence-corrected chi connectivity index (χ2v) is 15.2. The van der Waals surface area contributed by atoms with E-state index in [0.717, 1.165) is 96.1 Å². The van der Waals surface area contributed by atoms with Crippen LogP contribution >= 0.6 is 35.1 Å². The third-order valence-corrected chi connectivity index (χ3v) is 11.8. The molecule has 0 saturated heterocycles. The lowest BCUT2D eigenvalue weighted by atomic mass is 9.98. The first-order chi connectivity index (χ1) is 23.3. The van der Waals surface area contributed by atoms with Crippen molar-refractivity contribution in [3.8, 4) is 16.9 Å². The fourth-order valence-corrected chi connectivity index (χ4v) is 9.12. The number of halogens is 1. The van der Waals surface area contributed by atoms with E-state index < -0.39 is 5.97 Å². The van der Waals surface area contributed by atoms with Gasteiger partial charge in [-0.15, -0.1) is 23.5 Å². The van der Waals surface area contributed by atoms with Crippen LogP contribution in [-0.2, 0) is 37.8 Å². The van der Waals surface area contributed by atoms with Crippen molar-refractivity contribution in [3.63, 3.8) is 0 Å². The number of hydrogen-bond donors (Lipinski definition) is 1. The molecular formula is C37H36ClN5O3S2. The highest BCUT2D eigenvalue weighted by atomic mass is 35.5. The maximum absolute atomic E-state index is 13.1. The van der Waals surface area contributed by atoms with Gasteiger partial charge >= 0.3 is 5.97 Å². The van der Waals surface area contributed by atoms with E-state index in [1.165, 1.54) is 0 Å². The van der Waals surface area contributed by atoms with Gasteiger partial charge in [-0.25, -0.2) is 4.79 Å². The van der Waals surface area contributed by atoms with Crippen LogP contribution in [0.25, 0.3) is 32.8 Å². The molecule has 3 aromatic carbocycles. The van der Waals surface area contributed by atoms with Gasteiger partial charge < -0.3 is 14.4 Å². The number of aromatic carboxylic acids is 1. The zero-order valence-corrected chi connectivity index (χ0v) is 29.5. The predicted octanol–water partition coefficient (Wildman–Crippen LogP) is 8.97. The van der Waals surface area contributed by atoms with Crippen molar-refractivity contribution in [1.29, 1.82) is 0 Å². The number of nitrogens with zero attached hydrogens (tertiary/aromatic N) is 5. The Morgan fingerprint density at radius 1 is 0.979 bits per heavy atom. The molecule has 1 fully saturated rings. The van der Waals surface area contributed by atoms with E-state index in [1.807, 2.05) is 41.7 Å². The average Bonchev–Trinajstić information content (AvgIpc) is 3.69. The Balaban J connectivity index is 1.28. The fraction of sp³-hybridized carbons (Fsp3) is 0.324. The van der Waals surface area contributed by atoms with Gasteiger partial charge in [0.1, 0.15) is 11.4 Å². The fourth-order valence-electron chi connectivity index (χ4n) is 7.04. The summed E-state index contributed by atoms with van der Waals surface area (Å²) in [6, 6.07) is 18.9. The van der Waals surface area contributed by atoms with Crippen molar-refractivity contribution < 1.29 is 14.6 Å². The Morgan fingerprint density at radius 2 is 1.81 bits per heavy atom. The maximum atomic E-state index is 13.1. The van der Waals surface area contributed by atoms with Gasteiger partial charge in [0.05, 0.1) is 28.5 Å². The number of ether oxygens (including phenoxy) is 1. The van der Waals surface area contributed by atoms with Crippen LogP contribution in [0.15, 0.2) is 59.5 Å². The number of carbonyl (C=O) groups is 1. The molecule has 0 radical (unpaired) electrons. The van der Waals surface area contributed by atoms with Crippen LogP contribution in [0.3, 0.4) is 0 Å². The SMILES string of the molecule is Cc1c2c(nn1C)CSCc1cc(n(C)n1)CSc1cc(c3ccccc3c1)OCCCc1c(C(=O)O)n(C3CC3)c3c-2c(Cl)ccc13. The lowest BCUT2D eigenvalue weighted by molar-refractivity contribution is 0.0684. The summed E-state index contributed by atoms with van der Waals surface area (Å²) >= 11 is 10.7. The summed E-state index contributed by atoms with van der Waals surface area (Å²) in [6.07, 6.45) is 3.13. The molecule has 4 heterocycles. The third kappa shape index (κ3) is 5.57. The Kier molecular flexibility index (Phi) is 8.21. The Bertz CT molecular complexity index is 2230. The zero-order chi connectivity index (χ0) is 33.1. The van der Waals surface area contributed by atoms with Crippen molar-refractivity contribution >= 4 is 62.8 Å². The molecule has 0 unspecified atom stereocenters. The summed E-state index contributed by atoms with van der Waals surface area (Å²) in [5.74, 6) is 2.14. The topological polar surface area (TPSA) is 87.1 Å². The summed E-state index contributed by atoms with van der Waals surface area (Å²) in [7, 11) is 3.97. The van der Waals surface area contributed by atoms with Gasteiger partial charge in [-0.1, -0.05) is 41.9 Å². The van der Waals surface area contributed by atoms with E-state index >= 15 is 0 Å². The maximum Gasteiger partial charge on any atom is 0.352 e. The van der Waals surface area contributed by atoms with Gasteiger partial charge in [-0.3, -0.25) is 9.36 Å². The molecule has 8 rings (SSSR count). The molecule has 1 saturated carbocycles. The van der Waals surface area contributed by atoms with Gasteiger partial charge in [0, 0.05) is 75.6 Å². The first kappa shape index (κ1) is 31.4. The minimum Gasteiger partial charge on any atom is -0.493 e. The third-order valence-electron chi connectivity index (χ3n) is 9.52. The Labute approximate surface area is 292 Å². The van der Waals surface area contributed by atoms with Crippen molar-refractivity contribution in [3.05, 3.63) is 93.7 Å². The number of aromatic nitrogens is 5. The van der Waals surface area contributed by atoms with Crippen molar-refractivity contribution in [2.24, 2.45) is 14.1 Å². The lowest BCUT2D eigenvalue weighted by Gasteiger charge is -2.14. The van der Waals surface area contributed by atoms with Crippen LogP contribution in [-0.4, -0.2) is 41.8 Å². The number of carboxylic acid groups (broad SMARTS) is 1. The summed E-state index contributed by atoms with van der Waals surface area (Å²) in [6.45, 7) is 2.52.